The van der Waals surface area contributed by atoms with Crippen molar-refractivity contribution >= 4 is 11.6 Å². The lowest BCUT2D eigenvalue weighted by atomic mass is 9.93. The minimum atomic E-state index is -0.388. The molecule has 3 aromatic rings. The molecule has 0 spiro atoms. The predicted molar refractivity (Wildman–Crippen MR) is 106 cm³/mol. The number of halogens is 1. The Balaban J connectivity index is 2.09. The minimum Gasteiger partial charge on any atom is -0.385 e. The first-order valence-corrected chi connectivity index (χ1v) is 9.24. The summed E-state index contributed by atoms with van der Waals surface area (Å²) in [6.07, 6.45) is 0.697. The number of nitrogens with zero attached hydrogens (tertiary/aromatic N) is 3. The number of amides is 1. The Morgan fingerprint density at radius 2 is 2.00 bits per heavy atom. The topological polar surface area (TPSA) is 68.5 Å². The van der Waals surface area contributed by atoms with E-state index in [1.54, 1.807) is 31.4 Å². The van der Waals surface area contributed by atoms with Crippen molar-refractivity contribution in [2.24, 2.45) is 0 Å². The maximum Gasteiger partial charge on any atom is 0.270 e. The summed E-state index contributed by atoms with van der Waals surface area (Å²) in [5.74, 6) is -0.675. The molecule has 0 fully saturated rings. The molecule has 1 aromatic carbocycles. The smallest absolute Gasteiger partial charge is 0.270 e. The normalized spacial score (nSPS) is 11.8. The van der Waals surface area contributed by atoms with Gasteiger partial charge in [0.1, 0.15) is 11.5 Å². The number of hydrogen-bond donors (Lipinski definition) is 1. The van der Waals surface area contributed by atoms with Crippen molar-refractivity contribution in [3.05, 3.63) is 53.6 Å². The van der Waals surface area contributed by atoms with Crippen molar-refractivity contribution in [2.75, 3.05) is 20.3 Å². The molecule has 3 rings (SSSR count). The van der Waals surface area contributed by atoms with Gasteiger partial charge in [-0.05, 0) is 24.6 Å². The summed E-state index contributed by atoms with van der Waals surface area (Å²) in [5.41, 5.74) is 2.16. The molecule has 0 bridgehead atoms. The summed E-state index contributed by atoms with van der Waals surface area (Å²) in [5, 5.41) is 7.45. The van der Waals surface area contributed by atoms with Gasteiger partial charge >= 0.3 is 0 Å². The quantitative estimate of drug-likeness (QED) is 0.660. The van der Waals surface area contributed by atoms with Gasteiger partial charge in [0.05, 0.1) is 11.4 Å². The zero-order valence-corrected chi connectivity index (χ0v) is 16.6. The Kier molecular flexibility index (Phi) is 5.74. The highest BCUT2D eigenvalue weighted by atomic mass is 19.1. The summed E-state index contributed by atoms with van der Waals surface area (Å²) in [4.78, 5) is 17.4. The number of aromatic nitrogens is 3. The first-order valence-electron chi connectivity index (χ1n) is 9.24. The fourth-order valence-corrected chi connectivity index (χ4v) is 2.82. The number of carbonyl (C=O) groups excluding carboxylic acids is 1. The van der Waals surface area contributed by atoms with Crippen molar-refractivity contribution < 1.29 is 13.9 Å². The molecular weight excluding hydrogens is 359 g/mol. The molecule has 1 N–H and O–H groups in total. The average Bonchev–Trinajstić information content (AvgIpc) is 3.09. The van der Waals surface area contributed by atoms with E-state index in [9.17, 15) is 9.18 Å². The Bertz CT molecular complexity index is 992. The van der Waals surface area contributed by atoms with Crippen LogP contribution in [-0.2, 0) is 10.2 Å². The van der Waals surface area contributed by atoms with E-state index in [2.05, 4.69) is 15.4 Å². The van der Waals surface area contributed by atoms with Crippen molar-refractivity contribution in [1.29, 1.82) is 0 Å². The second kappa shape index (κ2) is 8.06. The van der Waals surface area contributed by atoms with Gasteiger partial charge in [0.2, 0.25) is 0 Å². The van der Waals surface area contributed by atoms with Crippen LogP contribution >= 0.6 is 0 Å². The van der Waals surface area contributed by atoms with Crippen LogP contribution < -0.4 is 5.32 Å². The second-order valence-electron chi connectivity index (χ2n) is 7.66. The Labute approximate surface area is 163 Å². The van der Waals surface area contributed by atoms with Crippen LogP contribution in [0, 0.1) is 5.82 Å². The van der Waals surface area contributed by atoms with E-state index in [0.717, 1.165) is 5.69 Å². The molecule has 148 valence electrons. The zero-order valence-electron chi connectivity index (χ0n) is 16.6. The van der Waals surface area contributed by atoms with Crippen LogP contribution in [0.15, 0.2) is 36.4 Å². The average molecular weight is 384 g/mol. The summed E-state index contributed by atoms with van der Waals surface area (Å²) in [7, 11) is 1.62. The molecule has 0 aliphatic heterocycles. The van der Waals surface area contributed by atoms with Gasteiger partial charge < -0.3 is 10.1 Å². The molecule has 0 saturated heterocycles. The lowest BCUT2D eigenvalue weighted by Gasteiger charge is -2.13. The highest BCUT2D eigenvalue weighted by Crippen LogP contribution is 2.26. The highest BCUT2D eigenvalue weighted by molar-refractivity contribution is 5.94. The van der Waals surface area contributed by atoms with Crippen molar-refractivity contribution in [3.63, 3.8) is 0 Å². The molecular formula is C21H25FN4O2. The number of rotatable bonds is 6. The van der Waals surface area contributed by atoms with Gasteiger partial charge in [-0.1, -0.05) is 32.9 Å². The third kappa shape index (κ3) is 4.20. The number of benzene rings is 1. The third-order valence-corrected chi connectivity index (χ3v) is 4.39. The second-order valence-corrected chi connectivity index (χ2v) is 7.66. The third-order valence-electron chi connectivity index (χ3n) is 4.39. The molecule has 1 amide bonds. The number of hydrogen-bond acceptors (Lipinski definition) is 4. The van der Waals surface area contributed by atoms with Gasteiger partial charge in [0, 0.05) is 37.3 Å². The van der Waals surface area contributed by atoms with E-state index in [-0.39, 0.29) is 17.1 Å². The SMILES string of the molecule is COCCCNC(=O)c1cc(-c2ccccc2F)nc2cc(C(C)(C)C)nn12. The van der Waals surface area contributed by atoms with Crippen molar-refractivity contribution in [1.82, 2.24) is 19.9 Å². The molecule has 0 radical (unpaired) electrons. The number of carbonyl (C=O) groups is 1. The fourth-order valence-electron chi connectivity index (χ4n) is 2.82. The molecule has 2 aromatic heterocycles. The maximum atomic E-state index is 14.3. The van der Waals surface area contributed by atoms with Gasteiger partial charge in [0.15, 0.2) is 5.65 Å². The monoisotopic (exact) mass is 384 g/mol. The lowest BCUT2D eigenvalue weighted by molar-refractivity contribution is 0.0941. The molecule has 0 aliphatic carbocycles. The molecule has 2 heterocycles. The summed E-state index contributed by atoms with van der Waals surface area (Å²) in [6, 6.07) is 9.81. The van der Waals surface area contributed by atoms with Crippen LogP contribution in [0.1, 0.15) is 43.4 Å². The number of fused-ring (bicyclic) bond motifs is 1. The van der Waals surface area contributed by atoms with E-state index in [0.29, 0.717) is 42.2 Å². The molecule has 28 heavy (non-hydrogen) atoms. The van der Waals surface area contributed by atoms with Gasteiger partial charge in [0.25, 0.3) is 5.91 Å². The van der Waals surface area contributed by atoms with Crippen molar-refractivity contribution in [3.8, 4) is 11.3 Å². The first kappa shape index (κ1) is 19.9. The van der Waals surface area contributed by atoms with Crippen LogP contribution in [0.25, 0.3) is 16.9 Å². The lowest BCUT2D eigenvalue weighted by Crippen LogP contribution is -2.27. The molecule has 0 atom stereocenters. The number of ether oxygens (including phenoxy) is 1. The summed E-state index contributed by atoms with van der Waals surface area (Å²) in [6.45, 7) is 7.15. The van der Waals surface area contributed by atoms with Crippen LogP contribution in [0.5, 0.6) is 0 Å². The number of methoxy groups -OCH3 is 1. The van der Waals surface area contributed by atoms with Crippen LogP contribution in [0.2, 0.25) is 0 Å². The number of nitrogens with one attached hydrogen (secondary N) is 1. The van der Waals surface area contributed by atoms with E-state index in [1.165, 1.54) is 10.6 Å². The molecule has 0 unspecified atom stereocenters. The van der Waals surface area contributed by atoms with Gasteiger partial charge in [-0.3, -0.25) is 4.79 Å². The van der Waals surface area contributed by atoms with Gasteiger partial charge in [-0.2, -0.15) is 5.10 Å². The van der Waals surface area contributed by atoms with Gasteiger partial charge in [-0.25, -0.2) is 13.9 Å². The van der Waals surface area contributed by atoms with Crippen molar-refractivity contribution in [2.45, 2.75) is 32.6 Å². The molecule has 0 aliphatic rings. The molecule has 6 nitrogen and oxygen atoms in total. The fraction of sp³-hybridized carbons (Fsp3) is 0.381. The van der Waals surface area contributed by atoms with Crippen LogP contribution in [0.3, 0.4) is 0 Å². The Morgan fingerprint density at radius 1 is 1.25 bits per heavy atom. The Hall–Kier alpha value is -2.80. The maximum absolute atomic E-state index is 14.3. The first-order chi connectivity index (χ1) is 13.3. The van der Waals surface area contributed by atoms with Crippen LogP contribution in [0.4, 0.5) is 4.39 Å². The van der Waals surface area contributed by atoms with Gasteiger partial charge in [-0.15, -0.1) is 0 Å². The van der Waals surface area contributed by atoms with E-state index in [4.69, 9.17) is 4.74 Å². The largest absolute Gasteiger partial charge is 0.385 e. The van der Waals surface area contributed by atoms with Crippen LogP contribution in [-0.4, -0.2) is 40.8 Å². The summed E-state index contributed by atoms with van der Waals surface area (Å²) < 4.78 is 20.8. The standard InChI is InChI=1S/C21H25FN4O2/c1-21(2,3)18-13-19-24-16(14-8-5-6-9-15(14)22)12-17(26(19)25-18)20(27)23-10-7-11-28-4/h5-6,8-9,12-13H,7,10-11H2,1-4H3,(H,23,27). The Morgan fingerprint density at radius 3 is 2.68 bits per heavy atom. The predicted octanol–water partition coefficient (Wildman–Crippen LogP) is 3.60. The zero-order chi connectivity index (χ0) is 20.3. The van der Waals surface area contributed by atoms with E-state index < -0.39 is 0 Å². The van der Waals surface area contributed by atoms with E-state index in [1.807, 2.05) is 26.8 Å². The summed E-state index contributed by atoms with van der Waals surface area (Å²) >= 11 is 0. The molecule has 0 saturated carbocycles. The van der Waals surface area contributed by atoms with E-state index >= 15 is 0 Å². The minimum absolute atomic E-state index is 0.210. The molecule has 7 heteroatoms. The highest BCUT2D eigenvalue weighted by Gasteiger charge is 2.22.